The molecule has 0 aromatic heterocycles. The summed E-state index contributed by atoms with van der Waals surface area (Å²) in [6.45, 7) is 1.56. The number of unbranched alkanes of at least 4 members (excludes halogenated alkanes) is 18. The Morgan fingerprint density at radius 3 is 1.38 bits per heavy atom. The third kappa shape index (κ3) is 26.2. The lowest BCUT2D eigenvalue weighted by Gasteiger charge is -2.48. The standard InChI is InChI=1S/C59H103NO18/c1-3-5-7-9-11-13-15-17-19-20-21-23-24-26-28-30-32-34-36-43(64)42(60-47(65)37-35-33-31-29-27-25-22-18-16-14-12-10-8-6-4-2)41-73-57-53(71)50(68)55(45(39-62)75-57)78-59-54(72)51(69)56(46(40-63)76-59)77-58-52(70)49(67)48(66)44(38-61)74-58/h6,8,12,14,18,22,27,29,34,36,42-46,48-59,61-64,66-72H,3-5,7,9-11,13,15-17,19-21,23-26,28,30-33,35,37-41H2,1-2H3,(H,60,65)/b8-6-,14-12-,22-18-,29-27-,36-34+. The molecule has 3 fully saturated rings. The van der Waals surface area contributed by atoms with Crippen LogP contribution in [0, 0.1) is 0 Å². The Morgan fingerprint density at radius 2 is 0.885 bits per heavy atom. The number of hydrogen-bond donors (Lipinski definition) is 12. The number of rotatable bonds is 42. The molecule has 12 N–H and O–H groups in total. The number of amides is 1. The lowest BCUT2D eigenvalue weighted by atomic mass is 9.96. The van der Waals surface area contributed by atoms with Crippen LogP contribution < -0.4 is 5.32 Å². The summed E-state index contributed by atoms with van der Waals surface area (Å²) >= 11 is 0. The minimum Gasteiger partial charge on any atom is -0.394 e. The maximum atomic E-state index is 13.3. The maximum Gasteiger partial charge on any atom is 0.220 e. The lowest BCUT2D eigenvalue weighted by Crippen LogP contribution is -2.66. The monoisotopic (exact) mass is 1110 g/mol. The van der Waals surface area contributed by atoms with Gasteiger partial charge in [0.15, 0.2) is 18.9 Å². The van der Waals surface area contributed by atoms with Crippen molar-refractivity contribution in [1.82, 2.24) is 5.32 Å². The summed E-state index contributed by atoms with van der Waals surface area (Å²) in [5.41, 5.74) is 0. The van der Waals surface area contributed by atoms with Crippen LogP contribution in [0.3, 0.4) is 0 Å². The Kier molecular flexibility index (Phi) is 37.9. The zero-order valence-electron chi connectivity index (χ0n) is 46.9. The number of hydrogen-bond acceptors (Lipinski definition) is 18. The molecule has 0 radical (unpaired) electrons. The van der Waals surface area contributed by atoms with Crippen LogP contribution in [-0.2, 0) is 33.2 Å². The molecule has 3 aliphatic rings. The largest absolute Gasteiger partial charge is 0.394 e. The summed E-state index contributed by atoms with van der Waals surface area (Å²) in [5.74, 6) is -0.318. The SMILES string of the molecule is CC/C=C\C/C=C\C/C=C\C/C=C\CCCCC(=O)NC(COC1OC(CO)C(OC2OC(CO)C(OC3OC(CO)C(O)C(O)C3O)C(O)C2O)C(O)C1O)C(O)/C=C/CCCCCCCCCCCCCCCCCC. The van der Waals surface area contributed by atoms with Gasteiger partial charge in [0, 0.05) is 6.42 Å². The van der Waals surface area contributed by atoms with E-state index in [1.54, 1.807) is 6.08 Å². The molecule has 452 valence electrons. The number of nitrogens with one attached hydrogen (secondary N) is 1. The first-order chi connectivity index (χ1) is 37.8. The molecule has 17 unspecified atom stereocenters. The minimum absolute atomic E-state index is 0.189. The van der Waals surface area contributed by atoms with Gasteiger partial charge in [-0.25, -0.2) is 0 Å². The molecule has 17 atom stereocenters. The Bertz CT molecular complexity index is 1660. The van der Waals surface area contributed by atoms with E-state index in [0.717, 1.165) is 64.2 Å². The lowest BCUT2D eigenvalue weighted by molar-refractivity contribution is -0.379. The molecular formula is C59H103NO18. The highest BCUT2D eigenvalue weighted by Gasteiger charge is 2.53. The fourth-order valence-corrected chi connectivity index (χ4v) is 9.71. The molecule has 19 nitrogen and oxygen atoms in total. The van der Waals surface area contributed by atoms with Crippen molar-refractivity contribution in [3.8, 4) is 0 Å². The van der Waals surface area contributed by atoms with E-state index in [1.165, 1.54) is 83.5 Å². The van der Waals surface area contributed by atoms with Crippen molar-refractivity contribution >= 4 is 5.91 Å². The van der Waals surface area contributed by atoms with Gasteiger partial charge in [0.05, 0.1) is 38.6 Å². The topological polar surface area (TPSA) is 307 Å². The van der Waals surface area contributed by atoms with Gasteiger partial charge in [0.25, 0.3) is 0 Å². The fraction of sp³-hybridized carbons (Fsp3) is 0.814. The molecule has 3 saturated heterocycles. The van der Waals surface area contributed by atoms with E-state index in [-0.39, 0.29) is 18.9 Å². The van der Waals surface area contributed by atoms with Crippen molar-refractivity contribution in [1.29, 1.82) is 0 Å². The molecule has 1 amide bonds. The van der Waals surface area contributed by atoms with E-state index >= 15 is 0 Å². The van der Waals surface area contributed by atoms with Gasteiger partial charge in [0.2, 0.25) is 5.91 Å². The quantitative estimate of drug-likeness (QED) is 0.0287. The molecule has 78 heavy (non-hydrogen) atoms. The highest BCUT2D eigenvalue weighted by molar-refractivity contribution is 5.76. The third-order valence-electron chi connectivity index (χ3n) is 14.6. The molecule has 3 rings (SSSR count). The van der Waals surface area contributed by atoms with E-state index in [2.05, 4.69) is 67.8 Å². The number of allylic oxidation sites excluding steroid dienone is 9. The molecular weight excluding hydrogens is 1010 g/mol. The van der Waals surface area contributed by atoms with Crippen molar-refractivity contribution in [2.45, 2.75) is 279 Å². The molecule has 0 spiro atoms. The summed E-state index contributed by atoms with van der Waals surface area (Å²) in [7, 11) is 0. The van der Waals surface area contributed by atoms with E-state index in [1.807, 2.05) is 6.08 Å². The van der Waals surface area contributed by atoms with Crippen molar-refractivity contribution < 1.29 is 89.4 Å². The van der Waals surface area contributed by atoms with E-state index in [0.29, 0.717) is 6.42 Å². The smallest absolute Gasteiger partial charge is 0.220 e. The first-order valence-corrected chi connectivity index (χ1v) is 29.5. The predicted octanol–water partition coefficient (Wildman–Crippen LogP) is 4.87. The predicted molar refractivity (Wildman–Crippen MR) is 295 cm³/mol. The molecule has 0 aliphatic carbocycles. The number of carbonyl (C=O) groups is 1. The summed E-state index contributed by atoms with van der Waals surface area (Å²) in [4.78, 5) is 13.3. The summed E-state index contributed by atoms with van der Waals surface area (Å²) in [6.07, 6.45) is 20.6. The van der Waals surface area contributed by atoms with Gasteiger partial charge in [-0.05, 0) is 57.8 Å². The van der Waals surface area contributed by atoms with Crippen molar-refractivity contribution in [3.05, 3.63) is 60.8 Å². The Balaban J connectivity index is 1.53. The number of aliphatic hydroxyl groups excluding tert-OH is 11. The average Bonchev–Trinajstić information content (AvgIpc) is 3.47. The Hall–Kier alpha value is -2.51. The van der Waals surface area contributed by atoms with Gasteiger partial charge >= 0.3 is 0 Å². The van der Waals surface area contributed by atoms with Crippen LogP contribution in [0.2, 0.25) is 0 Å². The minimum atomic E-state index is -1.98. The average molecular weight is 1110 g/mol. The summed E-state index contributed by atoms with van der Waals surface area (Å²) < 4.78 is 34.2. The van der Waals surface area contributed by atoms with Gasteiger partial charge in [0.1, 0.15) is 73.2 Å². The molecule has 19 heteroatoms. The Morgan fingerprint density at radius 1 is 0.474 bits per heavy atom. The summed E-state index contributed by atoms with van der Waals surface area (Å²) in [6, 6.07) is -0.996. The second-order valence-electron chi connectivity index (χ2n) is 21.1. The van der Waals surface area contributed by atoms with Crippen LogP contribution in [0.25, 0.3) is 0 Å². The van der Waals surface area contributed by atoms with Crippen LogP contribution in [-0.4, -0.2) is 193 Å². The molecule has 0 aromatic carbocycles. The van der Waals surface area contributed by atoms with Gasteiger partial charge in [-0.2, -0.15) is 0 Å². The molecule has 3 aliphatic heterocycles. The van der Waals surface area contributed by atoms with E-state index < -0.39 is 124 Å². The van der Waals surface area contributed by atoms with Crippen LogP contribution in [0.4, 0.5) is 0 Å². The zero-order valence-corrected chi connectivity index (χ0v) is 46.9. The molecule has 0 bridgehead atoms. The highest BCUT2D eigenvalue weighted by Crippen LogP contribution is 2.33. The van der Waals surface area contributed by atoms with E-state index in [4.69, 9.17) is 28.4 Å². The fourth-order valence-electron chi connectivity index (χ4n) is 9.71. The second kappa shape index (κ2) is 42.3. The van der Waals surface area contributed by atoms with Crippen molar-refractivity contribution in [2.24, 2.45) is 0 Å². The summed E-state index contributed by atoms with van der Waals surface area (Å²) in [5, 5.41) is 120. The maximum absolute atomic E-state index is 13.3. The normalized spacial score (nSPS) is 30.9. The molecule has 0 aromatic rings. The van der Waals surface area contributed by atoms with Gasteiger partial charge in [-0.15, -0.1) is 0 Å². The van der Waals surface area contributed by atoms with Crippen LogP contribution >= 0.6 is 0 Å². The van der Waals surface area contributed by atoms with Gasteiger partial charge in [-0.3, -0.25) is 4.79 Å². The number of carbonyl (C=O) groups excluding carboxylic acids is 1. The van der Waals surface area contributed by atoms with Crippen LogP contribution in [0.5, 0.6) is 0 Å². The Labute approximate surface area is 465 Å². The van der Waals surface area contributed by atoms with Gasteiger partial charge < -0.3 is 89.9 Å². The second-order valence-corrected chi connectivity index (χ2v) is 21.1. The van der Waals surface area contributed by atoms with Crippen LogP contribution in [0.15, 0.2) is 60.8 Å². The van der Waals surface area contributed by atoms with E-state index in [9.17, 15) is 61.0 Å². The number of ether oxygens (including phenoxy) is 6. The van der Waals surface area contributed by atoms with Gasteiger partial charge in [-0.1, -0.05) is 171 Å². The number of aliphatic hydroxyl groups is 11. The third-order valence-corrected chi connectivity index (χ3v) is 14.6. The van der Waals surface area contributed by atoms with Crippen molar-refractivity contribution in [3.63, 3.8) is 0 Å². The highest BCUT2D eigenvalue weighted by atomic mass is 16.8. The first-order valence-electron chi connectivity index (χ1n) is 29.5. The molecule has 3 heterocycles. The molecule has 0 saturated carbocycles. The van der Waals surface area contributed by atoms with Crippen molar-refractivity contribution in [2.75, 3.05) is 26.4 Å². The zero-order chi connectivity index (χ0) is 56.9. The van der Waals surface area contributed by atoms with Crippen LogP contribution in [0.1, 0.15) is 174 Å². The first kappa shape index (κ1) is 69.8.